The van der Waals surface area contributed by atoms with Crippen LogP contribution >= 0.6 is 11.3 Å². The van der Waals surface area contributed by atoms with Crippen molar-refractivity contribution in [2.24, 2.45) is 5.92 Å². The summed E-state index contributed by atoms with van der Waals surface area (Å²) in [5, 5.41) is 8.68. The fourth-order valence-electron chi connectivity index (χ4n) is 2.66. The molecule has 2 heterocycles. The molecule has 0 aromatic carbocycles. The zero-order valence-corrected chi connectivity index (χ0v) is 12.0. The molecule has 3 heteroatoms. The normalized spacial score (nSPS) is 20.1. The van der Waals surface area contributed by atoms with Gasteiger partial charge in [-0.3, -0.25) is 4.90 Å². The van der Waals surface area contributed by atoms with Crippen molar-refractivity contribution in [3.05, 3.63) is 21.9 Å². The first-order valence-corrected chi connectivity index (χ1v) is 7.45. The smallest absolute Gasteiger partial charge is 0.104 e. The van der Waals surface area contributed by atoms with Crippen LogP contribution in [0.25, 0.3) is 0 Å². The van der Waals surface area contributed by atoms with Crippen LogP contribution in [0.1, 0.15) is 36.4 Å². The Morgan fingerprint density at radius 3 is 3.06 bits per heavy atom. The molecule has 0 bridgehead atoms. The van der Waals surface area contributed by atoms with E-state index >= 15 is 0 Å². The van der Waals surface area contributed by atoms with Gasteiger partial charge in [0.2, 0.25) is 0 Å². The van der Waals surface area contributed by atoms with E-state index in [1.807, 2.05) is 0 Å². The van der Waals surface area contributed by atoms with E-state index in [-0.39, 0.29) is 6.61 Å². The minimum atomic E-state index is -0.0607. The minimum Gasteiger partial charge on any atom is -0.384 e. The molecule has 18 heavy (non-hydrogen) atoms. The molecule has 98 valence electrons. The van der Waals surface area contributed by atoms with Crippen molar-refractivity contribution < 1.29 is 5.11 Å². The van der Waals surface area contributed by atoms with Crippen molar-refractivity contribution in [1.82, 2.24) is 4.90 Å². The molecule has 1 aliphatic rings. The molecule has 1 unspecified atom stereocenters. The SMILES string of the molecule is CC(C)C1CCCN1Cc1ccc(C#CCO)s1. The average molecular weight is 263 g/mol. The van der Waals surface area contributed by atoms with Crippen LogP contribution in [-0.4, -0.2) is 29.2 Å². The van der Waals surface area contributed by atoms with Gasteiger partial charge in [-0.2, -0.15) is 0 Å². The van der Waals surface area contributed by atoms with Crippen LogP contribution in [0.4, 0.5) is 0 Å². The van der Waals surface area contributed by atoms with Gasteiger partial charge in [0.25, 0.3) is 0 Å². The fraction of sp³-hybridized carbons (Fsp3) is 0.600. The van der Waals surface area contributed by atoms with Crippen molar-refractivity contribution in [2.75, 3.05) is 13.2 Å². The Hall–Kier alpha value is -0.820. The molecule has 0 aliphatic carbocycles. The molecule has 0 amide bonds. The lowest BCUT2D eigenvalue weighted by molar-refractivity contribution is 0.200. The third-order valence-electron chi connectivity index (χ3n) is 3.50. The van der Waals surface area contributed by atoms with Crippen molar-refractivity contribution in [3.8, 4) is 11.8 Å². The monoisotopic (exact) mass is 263 g/mol. The molecule has 2 nitrogen and oxygen atoms in total. The van der Waals surface area contributed by atoms with Gasteiger partial charge >= 0.3 is 0 Å². The predicted octanol–water partition coefficient (Wildman–Crippen LogP) is 2.71. The predicted molar refractivity (Wildman–Crippen MR) is 76.6 cm³/mol. The number of thiophene rings is 1. The lowest BCUT2D eigenvalue weighted by Gasteiger charge is -2.26. The van der Waals surface area contributed by atoms with Gasteiger partial charge in [-0.05, 0) is 37.4 Å². The third-order valence-corrected chi connectivity index (χ3v) is 4.48. The van der Waals surface area contributed by atoms with E-state index in [4.69, 9.17) is 5.11 Å². The second-order valence-corrected chi connectivity index (χ2v) is 6.32. The molecule has 0 spiro atoms. The Morgan fingerprint density at radius 1 is 1.50 bits per heavy atom. The summed E-state index contributed by atoms with van der Waals surface area (Å²) >= 11 is 1.75. The number of aliphatic hydroxyl groups excluding tert-OH is 1. The molecule has 0 radical (unpaired) electrons. The lowest BCUT2D eigenvalue weighted by Crippen LogP contribution is -2.32. The van der Waals surface area contributed by atoms with Crippen molar-refractivity contribution in [3.63, 3.8) is 0 Å². The molecule has 2 rings (SSSR count). The van der Waals surface area contributed by atoms with Gasteiger partial charge in [-0.15, -0.1) is 11.3 Å². The molecule has 1 fully saturated rings. The largest absolute Gasteiger partial charge is 0.384 e. The van der Waals surface area contributed by atoms with Crippen LogP contribution in [0.5, 0.6) is 0 Å². The highest BCUT2D eigenvalue weighted by molar-refractivity contribution is 7.12. The first kappa shape index (κ1) is 13.6. The highest BCUT2D eigenvalue weighted by Gasteiger charge is 2.26. The summed E-state index contributed by atoms with van der Waals surface area (Å²) in [5.74, 6) is 6.41. The van der Waals surface area contributed by atoms with Gasteiger partial charge in [0, 0.05) is 17.5 Å². The van der Waals surface area contributed by atoms with Crippen LogP contribution in [0.2, 0.25) is 0 Å². The number of likely N-dealkylation sites (tertiary alicyclic amines) is 1. The lowest BCUT2D eigenvalue weighted by atomic mass is 10.0. The molecule has 1 aromatic rings. The van der Waals surface area contributed by atoms with Gasteiger partial charge in [0.15, 0.2) is 0 Å². The highest BCUT2D eigenvalue weighted by atomic mass is 32.1. The highest BCUT2D eigenvalue weighted by Crippen LogP contribution is 2.27. The molecule has 0 saturated carbocycles. The van der Waals surface area contributed by atoms with E-state index in [1.165, 1.54) is 24.3 Å². The van der Waals surface area contributed by atoms with E-state index in [1.54, 1.807) is 11.3 Å². The Morgan fingerprint density at radius 2 is 2.33 bits per heavy atom. The number of hydrogen-bond acceptors (Lipinski definition) is 3. The summed E-state index contributed by atoms with van der Waals surface area (Å²) in [6.07, 6.45) is 2.66. The second kappa shape index (κ2) is 6.38. The maximum atomic E-state index is 8.68. The zero-order valence-electron chi connectivity index (χ0n) is 11.1. The second-order valence-electron chi connectivity index (χ2n) is 5.15. The first-order chi connectivity index (χ1) is 8.70. The number of aliphatic hydroxyl groups is 1. The van der Waals surface area contributed by atoms with Crippen LogP contribution in [0.15, 0.2) is 12.1 Å². The third kappa shape index (κ3) is 3.35. The first-order valence-electron chi connectivity index (χ1n) is 6.63. The molecule has 1 atom stereocenters. The average Bonchev–Trinajstić information content (AvgIpc) is 2.96. The van der Waals surface area contributed by atoms with Gasteiger partial charge in [0.1, 0.15) is 6.61 Å². The molecular formula is C15H21NOS. The maximum absolute atomic E-state index is 8.68. The van der Waals surface area contributed by atoms with Crippen molar-refractivity contribution in [1.29, 1.82) is 0 Å². The van der Waals surface area contributed by atoms with E-state index in [0.717, 1.165) is 23.4 Å². The molecule has 1 saturated heterocycles. The maximum Gasteiger partial charge on any atom is 0.104 e. The van der Waals surface area contributed by atoms with Crippen LogP contribution < -0.4 is 0 Å². The summed E-state index contributed by atoms with van der Waals surface area (Å²) in [6, 6.07) is 4.96. The Balaban J connectivity index is 1.98. The summed E-state index contributed by atoms with van der Waals surface area (Å²) in [4.78, 5) is 5.03. The van der Waals surface area contributed by atoms with Crippen LogP contribution in [0, 0.1) is 17.8 Å². The summed E-state index contributed by atoms with van der Waals surface area (Å²) in [7, 11) is 0. The van der Waals surface area contributed by atoms with Crippen molar-refractivity contribution in [2.45, 2.75) is 39.3 Å². The van der Waals surface area contributed by atoms with E-state index in [9.17, 15) is 0 Å². The van der Waals surface area contributed by atoms with Gasteiger partial charge in [-0.1, -0.05) is 25.7 Å². The Bertz CT molecular complexity index is 441. The summed E-state index contributed by atoms with van der Waals surface area (Å²) in [5.41, 5.74) is 0. The fourth-order valence-corrected chi connectivity index (χ4v) is 3.57. The van der Waals surface area contributed by atoms with Gasteiger partial charge in [-0.25, -0.2) is 0 Å². The van der Waals surface area contributed by atoms with Crippen LogP contribution in [-0.2, 0) is 6.54 Å². The Labute approximate surface area is 114 Å². The summed E-state index contributed by atoms with van der Waals surface area (Å²) in [6.45, 7) is 6.84. The summed E-state index contributed by atoms with van der Waals surface area (Å²) < 4.78 is 0. The molecule has 1 N–H and O–H groups in total. The van der Waals surface area contributed by atoms with Crippen molar-refractivity contribution >= 4 is 11.3 Å². The van der Waals surface area contributed by atoms with E-state index in [2.05, 4.69) is 42.7 Å². The number of hydrogen-bond donors (Lipinski definition) is 1. The quantitative estimate of drug-likeness (QED) is 0.848. The molecular weight excluding hydrogens is 242 g/mol. The van der Waals surface area contributed by atoms with Crippen LogP contribution in [0.3, 0.4) is 0 Å². The standard InChI is InChI=1S/C15H21NOS/c1-12(2)15-6-3-9-16(15)11-14-8-7-13(18-14)5-4-10-17/h7-8,12,15,17H,3,6,9-11H2,1-2H3. The number of rotatable bonds is 3. The molecule has 1 aromatic heterocycles. The Kier molecular flexibility index (Phi) is 4.82. The number of nitrogens with zero attached hydrogens (tertiary/aromatic N) is 1. The van der Waals surface area contributed by atoms with E-state index in [0.29, 0.717) is 0 Å². The van der Waals surface area contributed by atoms with Gasteiger partial charge < -0.3 is 5.11 Å². The topological polar surface area (TPSA) is 23.5 Å². The molecule has 1 aliphatic heterocycles. The van der Waals surface area contributed by atoms with Gasteiger partial charge in [0.05, 0.1) is 4.88 Å². The van der Waals surface area contributed by atoms with E-state index < -0.39 is 0 Å². The minimum absolute atomic E-state index is 0.0607. The zero-order chi connectivity index (χ0) is 13.0.